The number of hydrogen-bond donors (Lipinski definition) is 1. The lowest BCUT2D eigenvalue weighted by molar-refractivity contribution is -0.115. The minimum atomic E-state index is -0.190. The highest BCUT2D eigenvalue weighted by Crippen LogP contribution is 2.32. The van der Waals surface area contributed by atoms with Gasteiger partial charge in [-0.1, -0.05) is 29.3 Å². The Labute approximate surface area is 145 Å². The third-order valence-electron chi connectivity index (χ3n) is 3.42. The lowest BCUT2D eigenvalue weighted by Gasteiger charge is -2.13. The number of hydrogen-bond acceptors (Lipinski definition) is 3. The van der Waals surface area contributed by atoms with Crippen molar-refractivity contribution in [1.82, 2.24) is 0 Å². The fourth-order valence-electron chi connectivity index (χ4n) is 2.18. The van der Waals surface area contributed by atoms with Crippen molar-refractivity contribution in [2.24, 2.45) is 0 Å². The molecule has 1 N–H and O–H groups in total. The largest absolute Gasteiger partial charge is 0.493 e. The number of amides is 1. The van der Waals surface area contributed by atoms with Crippen LogP contribution < -0.4 is 14.8 Å². The number of aryl methyl sites for hydroxylation is 1. The maximum atomic E-state index is 12.3. The molecule has 2 rings (SSSR count). The van der Waals surface area contributed by atoms with Gasteiger partial charge in [-0.25, -0.2) is 0 Å². The zero-order chi connectivity index (χ0) is 17.0. The van der Waals surface area contributed by atoms with Gasteiger partial charge in [-0.05, 0) is 42.3 Å². The fraction of sp³-hybridized carbons (Fsp3) is 0.235. The van der Waals surface area contributed by atoms with E-state index in [1.54, 1.807) is 38.5 Å². The van der Waals surface area contributed by atoms with E-state index in [1.807, 2.05) is 13.0 Å². The molecule has 1 amide bonds. The molecule has 2 aromatic rings. The summed E-state index contributed by atoms with van der Waals surface area (Å²) in [4.78, 5) is 12.3. The van der Waals surface area contributed by atoms with Gasteiger partial charge in [0.05, 0.1) is 36.4 Å². The van der Waals surface area contributed by atoms with Crippen LogP contribution in [0.25, 0.3) is 0 Å². The quantitative estimate of drug-likeness (QED) is 0.860. The normalized spacial score (nSPS) is 10.3. The molecule has 2 aromatic carbocycles. The Balaban J connectivity index is 2.18. The maximum Gasteiger partial charge on any atom is 0.228 e. The van der Waals surface area contributed by atoms with Gasteiger partial charge in [0, 0.05) is 0 Å². The number of nitrogens with one attached hydrogen (secondary N) is 1. The monoisotopic (exact) mass is 353 g/mol. The topological polar surface area (TPSA) is 47.6 Å². The fourth-order valence-corrected chi connectivity index (χ4v) is 2.53. The van der Waals surface area contributed by atoms with Crippen molar-refractivity contribution in [3.8, 4) is 11.5 Å². The van der Waals surface area contributed by atoms with Gasteiger partial charge in [0.1, 0.15) is 0 Å². The van der Waals surface area contributed by atoms with Crippen LogP contribution in [0.1, 0.15) is 11.1 Å². The van der Waals surface area contributed by atoms with Gasteiger partial charge in [0.2, 0.25) is 5.91 Å². The average molecular weight is 354 g/mol. The first-order chi connectivity index (χ1) is 11.0. The first kappa shape index (κ1) is 17.4. The minimum absolute atomic E-state index is 0.190. The van der Waals surface area contributed by atoms with Crippen LogP contribution in [0.3, 0.4) is 0 Å². The molecule has 0 heterocycles. The molecule has 122 valence electrons. The first-order valence-electron chi connectivity index (χ1n) is 6.91. The highest BCUT2D eigenvalue weighted by Gasteiger charge is 2.13. The highest BCUT2D eigenvalue weighted by atomic mass is 35.5. The second-order valence-corrected chi connectivity index (χ2v) is 5.75. The first-order valence-corrected chi connectivity index (χ1v) is 7.67. The van der Waals surface area contributed by atoms with Gasteiger partial charge in [-0.3, -0.25) is 4.79 Å². The lowest BCUT2D eigenvalue weighted by atomic mass is 10.0. The molecule has 0 saturated carbocycles. The summed E-state index contributed by atoms with van der Waals surface area (Å²) in [6.45, 7) is 1.91. The molecule has 0 spiro atoms. The second kappa shape index (κ2) is 7.57. The Morgan fingerprint density at radius 1 is 1.13 bits per heavy atom. The van der Waals surface area contributed by atoms with Crippen molar-refractivity contribution in [2.45, 2.75) is 13.3 Å². The summed E-state index contributed by atoms with van der Waals surface area (Å²) in [6, 6.07) is 8.73. The molecule has 0 radical (unpaired) electrons. The predicted octanol–water partition coefficient (Wildman–Crippen LogP) is 4.50. The van der Waals surface area contributed by atoms with E-state index in [1.165, 1.54) is 0 Å². The van der Waals surface area contributed by atoms with Crippen molar-refractivity contribution in [2.75, 3.05) is 19.5 Å². The van der Waals surface area contributed by atoms with Crippen LogP contribution in [0.5, 0.6) is 11.5 Å². The van der Waals surface area contributed by atoms with Crippen molar-refractivity contribution >= 4 is 34.8 Å². The molecule has 0 bridgehead atoms. The zero-order valence-corrected chi connectivity index (χ0v) is 14.6. The Morgan fingerprint density at radius 3 is 2.43 bits per heavy atom. The van der Waals surface area contributed by atoms with E-state index in [0.717, 1.165) is 11.1 Å². The molecule has 0 atom stereocenters. The molecule has 0 aromatic heterocycles. The number of carbonyl (C=O) groups is 1. The summed E-state index contributed by atoms with van der Waals surface area (Å²) in [6.07, 6.45) is 0.190. The Hall–Kier alpha value is -1.91. The van der Waals surface area contributed by atoms with Crippen LogP contribution in [0, 0.1) is 6.92 Å². The number of rotatable bonds is 5. The zero-order valence-electron chi connectivity index (χ0n) is 13.1. The average Bonchev–Trinajstić information content (AvgIpc) is 2.53. The molecular formula is C17H17Cl2NO3. The molecule has 0 aliphatic rings. The molecule has 6 heteroatoms. The van der Waals surface area contributed by atoms with E-state index in [9.17, 15) is 4.79 Å². The van der Waals surface area contributed by atoms with Crippen molar-refractivity contribution in [3.63, 3.8) is 0 Å². The second-order valence-electron chi connectivity index (χ2n) is 4.96. The summed E-state index contributed by atoms with van der Waals surface area (Å²) in [5.41, 5.74) is 2.27. The molecule has 0 saturated heterocycles. The van der Waals surface area contributed by atoms with Crippen LogP contribution >= 0.6 is 23.2 Å². The minimum Gasteiger partial charge on any atom is -0.493 e. The summed E-state index contributed by atoms with van der Waals surface area (Å²) < 4.78 is 10.5. The number of methoxy groups -OCH3 is 2. The van der Waals surface area contributed by atoms with Gasteiger partial charge >= 0.3 is 0 Å². The predicted molar refractivity (Wildman–Crippen MR) is 93.1 cm³/mol. The van der Waals surface area contributed by atoms with Crippen LogP contribution in [-0.4, -0.2) is 20.1 Å². The summed E-state index contributed by atoms with van der Waals surface area (Å²) in [7, 11) is 3.13. The molecule has 4 nitrogen and oxygen atoms in total. The Kier molecular flexibility index (Phi) is 5.74. The smallest absolute Gasteiger partial charge is 0.228 e. The number of benzene rings is 2. The van der Waals surface area contributed by atoms with E-state index in [-0.39, 0.29) is 12.3 Å². The van der Waals surface area contributed by atoms with E-state index < -0.39 is 0 Å². The van der Waals surface area contributed by atoms with Crippen LogP contribution in [-0.2, 0) is 11.2 Å². The highest BCUT2D eigenvalue weighted by molar-refractivity contribution is 6.43. The van der Waals surface area contributed by atoms with Crippen LogP contribution in [0.15, 0.2) is 30.3 Å². The lowest BCUT2D eigenvalue weighted by Crippen LogP contribution is -2.15. The Morgan fingerprint density at radius 2 is 1.78 bits per heavy atom. The summed E-state index contributed by atoms with van der Waals surface area (Å²) >= 11 is 12.0. The molecule has 0 aliphatic heterocycles. The van der Waals surface area contributed by atoms with Crippen LogP contribution in [0.2, 0.25) is 10.0 Å². The standard InChI is InChI=1S/C17H17Cl2NO3/c1-10-7-14(22-2)15(23-3)8-11(10)9-16(21)20-13-6-4-5-12(18)17(13)19/h4-8H,9H2,1-3H3,(H,20,21). The SMILES string of the molecule is COc1cc(C)c(CC(=O)Nc2cccc(Cl)c2Cl)cc1OC. The van der Waals surface area contributed by atoms with E-state index in [0.29, 0.717) is 27.2 Å². The Bertz CT molecular complexity index is 732. The molecular weight excluding hydrogens is 337 g/mol. The number of carbonyl (C=O) groups excluding carboxylic acids is 1. The van der Waals surface area contributed by atoms with Gasteiger partial charge in [-0.15, -0.1) is 0 Å². The van der Waals surface area contributed by atoms with Gasteiger partial charge in [0.25, 0.3) is 0 Å². The van der Waals surface area contributed by atoms with Crippen molar-refractivity contribution < 1.29 is 14.3 Å². The molecule has 23 heavy (non-hydrogen) atoms. The van der Waals surface area contributed by atoms with Gasteiger partial charge in [-0.2, -0.15) is 0 Å². The van der Waals surface area contributed by atoms with E-state index >= 15 is 0 Å². The molecule has 0 unspecified atom stereocenters. The summed E-state index contributed by atoms with van der Waals surface area (Å²) in [5.74, 6) is 1.03. The third kappa shape index (κ3) is 4.09. The molecule has 0 aliphatic carbocycles. The van der Waals surface area contributed by atoms with Gasteiger partial charge in [0.15, 0.2) is 11.5 Å². The van der Waals surface area contributed by atoms with Crippen molar-refractivity contribution in [3.05, 3.63) is 51.5 Å². The number of ether oxygens (including phenoxy) is 2. The third-order valence-corrected chi connectivity index (χ3v) is 4.24. The van der Waals surface area contributed by atoms with Gasteiger partial charge < -0.3 is 14.8 Å². The summed E-state index contributed by atoms with van der Waals surface area (Å²) in [5, 5.41) is 3.49. The molecule has 0 fully saturated rings. The van der Waals surface area contributed by atoms with Crippen LogP contribution in [0.4, 0.5) is 5.69 Å². The number of halogens is 2. The number of anilines is 1. The maximum absolute atomic E-state index is 12.3. The van der Waals surface area contributed by atoms with Crippen molar-refractivity contribution in [1.29, 1.82) is 0 Å². The van der Waals surface area contributed by atoms with E-state index in [4.69, 9.17) is 32.7 Å². The van der Waals surface area contributed by atoms with E-state index in [2.05, 4.69) is 5.32 Å².